The molecule has 0 aliphatic heterocycles. The number of hydrogen-bond acceptors (Lipinski definition) is 4. The van der Waals surface area contributed by atoms with Crippen LogP contribution in [0, 0.1) is 0 Å². The van der Waals surface area contributed by atoms with Gasteiger partial charge in [-0.1, -0.05) is 13.8 Å². The van der Waals surface area contributed by atoms with Crippen molar-refractivity contribution >= 4 is 11.3 Å². The van der Waals surface area contributed by atoms with E-state index in [-0.39, 0.29) is 17.6 Å². The fraction of sp³-hybridized carbons (Fsp3) is 0.333. The van der Waals surface area contributed by atoms with Gasteiger partial charge in [0.15, 0.2) is 10.8 Å². The molecule has 0 aliphatic rings. The molecule has 102 valence electrons. The van der Waals surface area contributed by atoms with Gasteiger partial charge in [-0.3, -0.25) is 0 Å². The SMILES string of the molecule is CC(C)c1nc(Oc2cccs2)cc(C(F)(F)F)n1. The van der Waals surface area contributed by atoms with E-state index in [1.807, 2.05) is 0 Å². The number of nitrogens with zero attached hydrogens (tertiary/aromatic N) is 2. The molecular formula is C12H11F3N2OS. The number of thiophene rings is 1. The van der Waals surface area contributed by atoms with E-state index in [1.165, 1.54) is 11.3 Å². The summed E-state index contributed by atoms with van der Waals surface area (Å²) in [4.78, 5) is 7.52. The van der Waals surface area contributed by atoms with Crippen LogP contribution in [-0.2, 0) is 6.18 Å². The Morgan fingerprint density at radius 3 is 2.53 bits per heavy atom. The van der Waals surface area contributed by atoms with Crippen LogP contribution in [0.4, 0.5) is 13.2 Å². The lowest BCUT2D eigenvalue weighted by Crippen LogP contribution is -2.12. The number of ether oxygens (including phenoxy) is 1. The van der Waals surface area contributed by atoms with Crippen molar-refractivity contribution in [3.8, 4) is 10.9 Å². The number of hydrogen-bond donors (Lipinski definition) is 0. The van der Waals surface area contributed by atoms with Gasteiger partial charge in [0.25, 0.3) is 0 Å². The second kappa shape index (κ2) is 5.16. The lowest BCUT2D eigenvalue weighted by atomic mass is 10.2. The third-order valence-electron chi connectivity index (χ3n) is 2.23. The first-order chi connectivity index (χ1) is 8.86. The Kier molecular flexibility index (Phi) is 3.75. The summed E-state index contributed by atoms with van der Waals surface area (Å²) in [5.74, 6) is -0.192. The van der Waals surface area contributed by atoms with Crippen molar-refractivity contribution in [2.75, 3.05) is 0 Å². The molecule has 19 heavy (non-hydrogen) atoms. The molecule has 3 nitrogen and oxygen atoms in total. The molecule has 0 radical (unpaired) electrons. The van der Waals surface area contributed by atoms with Gasteiger partial charge >= 0.3 is 6.18 Å². The highest BCUT2D eigenvalue weighted by Gasteiger charge is 2.34. The van der Waals surface area contributed by atoms with Crippen molar-refractivity contribution in [3.63, 3.8) is 0 Å². The van der Waals surface area contributed by atoms with Gasteiger partial charge < -0.3 is 4.74 Å². The lowest BCUT2D eigenvalue weighted by Gasteiger charge is -2.11. The summed E-state index contributed by atoms with van der Waals surface area (Å²) in [7, 11) is 0. The third-order valence-corrected chi connectivity index (χ3v) is 2.97. The molecular weight excluding hydrogens is 277 g/mol. The zero-order valence-electron chi connectivity index (χ0n) is 10.2. The first-order valence-corrected chi connectivity index (χ1v) is 6.42. The second-order valence-electron chi connectivity index (χ2n) is 4.14. The fourth-order valence-corrected chi connectivity index (χ4v) is 1.91. The van der Waals surface area contributed by atoms with Crippen LogP contribution in [0.2, 0.25) is 0 Å². The van der Waals surface area contributed by atoms with Crippen LogP contribution in [0.1, 0.15) is 31.3 Å². The van der Waals surface area contributed by atoms with Crippen molar-refractivity contribution in [3.05, 3.63) is 35.1 Å². The maximum Gasteiger partial charge on any atom is 0.433 e. The van der Waals surface area contributed by atoms with Crippen LogP contribution in [0.3, 0.4) is 0 Å². The highest BCUT2D eigenvalue weighted by Crippen LogP contribution is 2.32. The van der Waals surface area contributed by atoms with Crippen LogP contribution < -0.4 is 4.74 Å². The Labute approximate surface area is 112 Å². The summed E-state index contributed by atoms with van der Waals surface area (Å²) >= 11 is 1.28. The van der Waals surface area contributed by atoms with Gasteiger partial charge in [0.05, 0.1) is 0 Å². The summed E-state index contributed by atoms with van der Waals surface area (Å²) in [5, 5.41) is 2.26. The van der Waals surface area contributed by atoms with Crippen LogP contribution in [0.5, 0.6) is 10.9 Å². The van der Waals surface area contributed by atoms with Crippen LogP contribution in [-0.4, -0.2) is 9.97 Å². The van der Waals surface area contributed by atoms with E-state index < -0.39 is 11.9 Å². The van der Waals surface area contributed by atoms with Gasteiger partial charge in [-0.2, -0.15) is 18.2 Å². The molecule has 0 saturated heterocycles. The van der Waals surface area contributed by atoms with E-state index in [1.54, 1.807) is 31.4 Å². The highest BCUT2D eigenvalue weighted by molar-refractivity contribution is 7.11. The normalized spacial score (nSPS) is 11.9. The minimum Gasteiger partial charge on any atom is -0.428 e. The monoisotopic (exact) mass is 288 g/mol. The second-order valence-corrected chi connectivity index (χ2v) is 5.05. The Balaban J connectivity index is 2.40. The molecule has 7 heteroatoms. The number of aromatic nitrogens is 2. The van der Waals surface area contributed by atoms with Gasteiger partial charge in [-0.05, 0) is 17.5 Å². The largest absolute Gasteiger partial charge is 0.433 e. The van der Waals surface area contributed by atoms with E-state index in [0.29, 0.717) is 5.06 Å². The van der Waals surface area contributed by atoms with Gasteiger partial charge in [0.2, 0.25) is 5.88 Å². The molecule has 0 fully saturated rings. The summed E-state index contributed by atoms with van der Waals surface area (Å²) in [6.45, 7) is 3.45. The minimum absolute atomic E-state index is 0.0894. The Hall–Kier alpha value is -1.63. The highest BCUT2D eigenvalue weighted by atomic mass is 32.1. The predicted molar refractivity (Wildman–Crippen MR) is 65.5 cm³/mol. The molecule has 0 amide bonds. The van der Waals surface area contributed by atoms with E-state index in [9.17, 15) is 13.2 Å². The molecule has 2 heterocycles. The molecule has 0 aromatic carbocycles. The maximum absolute atomic E-state index is 12.7. The minimum atomic E-state index is -4.51. The quantitative estimate of drug-likeness (QED) is 0.835. The van der Waals surface area contributed by atoms with Crippen molar-refractivity contribution in [2.24, 2.45) is 0 Å². The molecule has 0 N–H and O–H groups in total. The van der Waals surface area contributed by atoms with E-state index in [4.69, 9.17) is 4.74 Å². The smallest absolute Gasteiger partial charge is 0.428 e. The van der Waals surface area contributed by atoms with E-state index in [0.717, 1.165) is 6.07 Å². The third kappa shape index (κ3) is 3.44. The summed E-state index contributed by atoms with van der Waals surface area (Å²) in [6, 6.07) is 4.22. The molecule has 0 spiro atoms. The topological polar surface area (TPSA) is 35.0 Å². The Bertz CT molecular complexity index is 553. The zero-order valence-corrected chi connectivity index (χ0v) is 11.0. The zero-order chi connectivity index (χ0) is 14.0. The summed E-state index contributed by atoms with van der Waals surface area (Å²) in [6.07, 6.45) is -4.51. The fourth-order valence-electron chi connectivity index (χ4n) is 1.32. The van der Waals surface area contributed by atoms with E-state index in [2.05, 4.69) is 9.97 Å². The lowest BCUT2D eigenvalue weighted by molar-refractivity contribution is -0.141. The molecule has 0 bridgehead atoms. The average molecular weight is 288 g/mol. The van der Waals surface area contributed by atoms with Gasteiger partial charge in [-0.15, -0.1) is 11.3 Å². The van der Waals surface area contributed by atoms with Crippen molar-refractivity contribution < 1.29 is 17.9 Å². The van der Waals surface area contributed by atoms with E-state index >= 15 is 0 Å². The molecule has 2 aromatic heterocycles. The standard InChI is InChI=1S/C12H11F3N2OS/c1-7(2)11-16-8(12(13,14)15)6-9(17-11)18-10-4-3-5-19-10/h3-7H,1-2H3. The first kappa shape index (κ1) is 13.8. The number of halogens is 3. The predicted octanol–water partition coefficient (Wildman–Crippen LogP) is 4.47. The molecule has 0 atom stereocenters. The van der Waals surface area contributed by atoms with Crippen molar-refractivity contribution in [1.82, 2.24) is 9.97 Å². The summed E-state index contributed by atoms with van der Waals surface area (Å²) in [5.41, 5.74) is -0.988. The van der Waals surface area contributed by atoms with Crippen molar-refractivity contribution in [1.29, 1.82) is 0 Å². The average Bonchev–Trinajstić information content (AvgIpc) is 2.80. The van der Waals surface area contributed by atoms with Crippen LogP contribution in [0.25, 0.3) is 0 Å². The summed E-state index contributed by atoms with van der Waals surface area (Å²) < 4.78 is 43.6. The molecule has 0 aliphatic carbocycles. The maximum atomic E-state index is 12.7. The molecule has 0 unspecified atom stereocenters. The first-order valence-electron chi connectivity index (χ1n) is 5.54. The Morgan fingerprint density at radius 2 is 2.00 bits per heavy atom. The van der Waals surface area contributed by atoms with Crippen LogP contribution >= 0.6 is 11.3 Å². The van der Waals surface area contributed by atoms with Crippen molar-refractivity contribution in [2.45, 2.75) is 25.9 Å². The number of alkyl halides is 3. The molecule has 2 aromatic rings. The van der Waals surface area contributed by atoms with Gasteiger partial charge in [0.1, 0.15) is 5.82 Å². The van der Waals surface area contributed by atoms with Gasteiger partial charge in [0, 0.05) is 12.0 Å². The Morgan fingerprint density at radius 1 is 1.26 bits per heavy atom. The van der Waals surface area contributed by atoms with Crippen LogP contribution in [0.15, 0.2) is 23.6 Å². The number of rotatable bonds is 3. The van der Waals surface area contributed by atoms with Gasteiger partial charge in [-0.25, -0.2) is 4.98 Å². The molecule has 0 saturated carbocycles. The molecule has 2 rings (SSSR count).